The molecule has 0 spiro atoms. The molecule has 1 amide bonds. The minimum Gasteiger partial charge on any atom is -0.494 e. The van der Waals surface area contributed by atoms with Crippen LogP contribution in [0.1, 0.15) is 52.0 Å². The minimum absolute atomic E-state index is 0.0347. The van der Waals surface area contributed by atoms with Crippen molar-refractivity contribution in [1.82, 2.24) is 19.4 Å². The molecule has 1 aromatic heterocycles. The van der Waals surface area contributed by atoms with Crippen LogP contribution in [0.3, 0.4) is 0 Å². The normalized spacial score (nSPS) is 22.1. The van der Waals surface area contributed by atoms with Crippen LogP contribution in [0.4, 0.5) is 9.18 Å². The number of piperidine rings is 1. The summed E-state index contributed by atoms with van der Waals surface area (Å²) in [6.07, 6.45) is 4.92. The zero-order valence-corrected chi connectivity index (χ0v) is 20.3. The first kappa shape index (κ1) is 23.6. The number of hydrogen-bond acceptors (Lipinski definition) is 4. The number of imidazole rings is 1. The summed E-state index contributed by atoms with van der Waals surface area (Å²) in [5.41, 5.74) is 1.13. The highest BCUT2D eigenvalue weighted by atomic mass is 19.1. The molecular weight excluding hydrogens is 447 g/mol. The highest BCUT2D eigenvalue weighted by molar-refractivity contribution is 5.89. The van der Waals surface area contributed by atoms with Gasteiger partial charge in [0.2, 0.25) is 0 Å². The molecule has 5 rings (SSSR count). The number of nitrogens with zero attached hydrogens (tertiary/aromatic N) is 3. The van der Waals surface area contributed by atoms with Crippen LogP contribution >= 0.6 is 0 Å². The molecule has 2 aromatic carbocycles. The molecule has 2 fully saturated rings. The van der Waals surface area contributed by atoms with Crippen molar-refractivity contribution >= 4 is 17.1 Å². The van der Waals surface area contributed by atoms with Crippen LogP contribution in [0.5, 0.6) is 5.75 Å². The van der Waals surface area contributed by atoms with Crippen LogP contribution in [0.15, 0.2) is 53.3 Å². The van der Waals surface area contributed by atoms with E-state index in [2.05, 4.69) is 10.2 Å². The Kier molecular flexibility index (Phi) is 6.65. The first-order valence-corrected chi connectivity index (χ1v) is 12.6. The lowest BCUT2D eigenvalue weighted by atomic mass is 9.97. The Bertz CT molecular complexity index is 1240. The summed E-state index contributed by atoms with van der Waals surface area (Å²) in [7, 11) is 0. The van der Waals surface area contributed by atoms with Crippen LogP contribution < -0.4 is 15.7 Å². The van der Waals surface area contributed by atoms with Crippen molar-refractivity contribution < 1.29 is 13.9 Å². The predicted molar refractivity (Wildman–Crippen MR) is 134 cm³/mol. The second kappa shape index (κ2) is 9.85. The number of para-hydroxylation sites is 2. The van der Waals surface area contributed by atoms with Gasteiger partial charge in [-0.25, -0.2) is 18.5 Å². The molecule has 186 valence electrons. The van der Waals surface area contributed by atoms with Crippen molar-refractivity contribution in [2.24, 2.45) is 0 Å². The SMILES string of the molecule is CC(C)n1c(=O)n(C(=O)NC2C[C@H]3CC[C@@H](C2)N3CCCOc2ccc(F)cc2)c2ccccc21. The van der Waals surface area contributed by atoms with Gasteiger partial charge in [-0.05, 0) is 82.3 Å². The Hall–Kier alpha value is -3.13. The Morgan fingerprint density at radius 3 is 2.37 bits per heavy atom. The molecular formula is C27H33FN4O3. The average molecular weight is 481 g/mol. The summed E-state index contributed by atoms with van der Waals surface area (Å²) < 4.78 is 21.7. The molecule has 0 radical (unpaired) electrons. The lowest BCUT2D eigenvalue weighted by Gasteiger charge is -2.39. The third-order valence-corrected chi connectivity index (χ3v) is 7.35. The standard InChI is InChI=1S/C27H33FN4O3/c1-18(2)31-24-6-3-4-7-25(24)32(27(31)34)26(33)29-20-16-21-10-11-22(17-20)30(21)14-5-15-35-23-12-8-19(28)9-13-23/h3-4,6-9,12-13,18,20-22H,5,10-11,14-17H2,1-2H3,(H,29,33)/t20?,21-,22+. The summed E-state index contributed by atoms with van der Waals surface area (Å²) in [6, 6.07) is 14.1. The summed E-state index contributed by atoms with van der Waals surface area (Å²) in [6.45, 7) is 5.44. The third kappa shape index (κ3) is 4.72. The van der Waals surface area contributed by atoms with E-state index in [0.717, 1.165) is 44.2 Å². The van der Waals surface area contributed by atoms with Crippen LogP contribution in [0, 0.1) is 5.82 Å². The van der Waals surface area contributed by atoms with Crippen molar-refractivity contribution in [3.63, 3.8) is 0 Å². The van der Waals surface area contributed by atoms with E-state index in [4.69, 9.17) is 4.74 Å². The molecule has 0 aliphatic carbocycles. The first-order chi connectivity index (χ1) is 16.9. The Morgan fingerprint density at radius 2 is 1.71 bits per heavy atom. The number of nitrogens with one attached hydrogen (secondary N) is 1. The van der Waals surface area contributed by atoms with E-state index in [1.165, 1.54) is 16.7 Å². The Morgan fingerprint density at radius 1 is 1.06 bits per heavy atom. The maximum atomic E-state index is 13.3. The fourth-order valence-electron chi connectivity index (χ4n) is 5.83. The minimum atomic E-state index is -0.337. The van der Waals surface area contributed by atoms with E-state index < -0.39 is 0 Å². The quantitative estimate of drug-likeness (QED) is 0.504. The number of amides is 1. The van der Waals surface area contributed by atoms with Gasteiger partial charge in [-0.2, -0.15) is 0 Å². The van der Waals surface area contributed by atoms with Gasteiger partial charge in [0, 0.05) is 30.7 Å². The number of fused-ring (bicyclic) bond motifs is 3. The number of hydrogen-bond donors (Lipinski definition) is 1. The Labute approximate surface area is 204 Å². The second-order valence-electron chi connectivity index (χ2n) is 9.97. The molecule has 2 bridgehead atoms. The van der Waals surface area contributed by atoms with Crippen molar-refractivity contribution in [3.05, 3.63) is 64.8 Å². The lowest BCUT2D eigenvalue weighted by molar-refractivity contribution is 0.111. The van der Waals surface area contributed by atoms with Crippen molar-refractivity contribution in [3.8, 4) is 5.75 Å². The maximum Gasteiger partial charge on any atom is 0.337 e. The lowest BCUT2D eigenvalue weighted by Crippen LogP contribution is -2.52. The van der Waals surface area contributed by atoms with Gasteiger partial charge in [-0.3, -0.25) is 9.47 Å². The second-order valence-corrected chi connectivity index (χ2v) is 9.97. The molecule has 7 nitrogen and oxygen atoms in total. The van der Waals surface area contributed by atoms with Gasteiger partial charge in [-0.1, -0.05) is 12.1 Å². The van der Waals surface area contributed by atoms with E-state index in [9.17, 15) is 14.0 Å². The monoisotopic (exact) mass is 480 g/mol. The van der Waals surface area contributed by atoms with Crippen molar-refractivity contribution in [1.29, 1.82) is 0 Å². The molecule has 1 unspecified atom stereocenters. The van der Waals surface area contributed by atoms with Gasteiger partial charge in [0.25, 0.3) is 0 Å². The zero-order valence-electron chi connectivity index (χ0n) is 20.3. The van der Waals surface area contributed by atoms with Gasteiger partial charge in [-0.15, -0.1) is 0 Å². The average Bonchev–Trinajstić information content (AvgIpc) is 3.26. The van der Waals surface area contributed by atoms with E-state index in [-0.39, 0.29) is 29.6 Å². The van der Waals surface area contributed by atoms with Gasteiger partial charge in [0.15, 0.2) is 0 Å². The number of halogens is 1. The maximum absolute atomic E-state index is 13.3. The largest absolute Gasteiger partial charge is 0.494 e. The molecule has 2 saturated heterocycles. The smallest absolute Gasteiger partial charge is 0.337 e. The van der Waals surface area contributed by atoms with E-state index in [0.29, 0.717) is 30.0 Å². The first-order valence-electron chi connectivity index (χ1n) is 12.6. The number of carbonyl (C=O) groups is 1. The van der Waals surface area contributed by atoms with Crippen LogP contribution in [-0.4, -0.2) is 51.3 Å². The summed E-state index contributed by atoms with van der Waals surface area (Å²) >= 11 is 0. The molecule has 8 heteroatoms. The molecule has 3 heterocycles. The topological polar surface area (TPSA) is 68.5 Å². The highest BCUT2D eigenvalue weighted by Gasteiger charge is 2.41. The van der Waals surface area contributed by atoms with Crippen LogP contribution in [0.2, 0.25) is 0 Å². The molecule has 35 heavy (non-hydrogen) atoms. The number of benzene rings is 2. The van der Waals surface area contributed by atoms with E-state index in [1.807, 2.05) is 38.1 Å². The van der Waals surface area contributed by atoms with E-state index >= 15 is 0 Å². The number of aromatic nitrogens is 2. The van der Waals surface area contributed by atoms with E-state index in [1.54, 1.807) is 16.7 Å². The fourth-order valence-corrected chi connectivity index (χ4v) is 5.83. The van der Waals surface area contributed by atoms with Crippen LogP contribution in [0.25, 0.3) is 11.0 Å². The van der Waals surface area contributed by atoms with Gasteiger partial charge in [0.1, 0.15) is 11.6 Å². The predicted octanol–water partition coefficient (Wildman–Crippen LogP) is 4.55. The third-order valence-electron chi connectivity index (χ3n) is 7.35. The molecule has 1 N–H and O–H groups in total. The zero-order chi connectivity index (χ0) is 24.5. The van der Waals surface area contributed by atoms with Crippen molar-refractivity contribution in [2.75, 3.05) is 13.2 Å². The molecule has 3 aromatic rings. The van der Waals surface area contributed by atoms with Crippen molar-refractivity contribution in [2.45, 2.75) is 70.1 Å². The number of ether oxygens (including phenoxy) is 1. The molecule has 2 aliphatic heterocycles. The van der Waals surface area contributed by atoms with Gasteiger partial charge >= 0.3 is 11.7 Å². The molecule has 2 aliphatic rings. The summed E-state index contributed by atoms with van der Waals surface area (Å²) in [5.74, 6) is 0.421. The van der Waals surface area contributed by atoms with Gasteiger partial charge in [0.05, 0.1) is 17.6 Å². The number of carbonyl (C=O) groups excluding carboxylic acids is 1. The molecule has 3 atom stereocenters. The van der Waals surface area contributed by atoms with Crippen LogP contribution in [-0.2, 0) is 0 Å². The number of rotatable bonds is 7. The summed E-state index contributed by atoms with van der Waals surface area (Å²) in [4.78, 5) is 28.9. The Balaban J connectivity index is 1.19. The summed E-state index contributed by atoms with van der Waals surface area (Å²) in [5, 5.41) is 3.16. The van der Waals surface area contributed by atoms with Gasteiger partial charge < -0.3 is 10.1 Å². The highest BCUT2D eigenvalue weighted by Crippen LogP contribution is 2.36. The molecule has 0 saturated carbocycles. The fraction of sp³-hybridized carbons (Fsp3) is 0.481.